The highest BCUT2D eigenvalue weighted by Gasteiger charge is 2.28. The quantitative estimate of drug-likeness (QED) is 0.695. The summed E-state index contributed by atoms with van der Waals surface area (Å²) in [5, 5.41) is 4.52. The highest BCUT2D eigenvalue weighted by molar-refractivity contribution is 6.08. The highest BCUT2D eigenvalue weighted by Crippen LogP contribution is 2.30. The number of ether oxygens (including phenoxy) is 1. The maximum atomic E-state index is 13.3. The number of carbonyl (C=O) groups excluding carboxylic acids is 2. The number of anilines is 1. The molecule has 4 rings (SSSR count). The molecule has 0 unspecified atom stereocenters. The Kier molecular flexibility index (Phi) is 5.65. The summed E-state index contributed by atoms with van der Waals surface area (Å²) in [6.07, 6.45) is 1.14. The molecule has 0 atom stereocenters. The van der Waals surface area contributed by atoms with Crippen molar-refractivity contribution < 1.29 is 18.7 Å². The molecule has 0 radical (unpaired) electrons. The number of benzene rings is 3. The van der Waals surface area contributed by atoms with Crippen LogP contribution in [0.1, 0.15) is 23.2 Å². The summed E-state index contributed by atoms with van der Waals surface area (Å²) in [6.45, 7) is 1.00. The Labute approximate surface area is 174 Å². The zero-order valence-corrected chi connectivity index (χ0v) is 16.7. The first-order chi connectivity index (χ1) is 14.6. The second-order valence-corrected chi connectivity index (χ2v) is 7.43. The number of amides is 2. The van der Waals surface area contributed by atoms with Gasteiger partial charge in [0.25, 0.3) is 5.91 Å². The molecule has 1 N–H and O–H groups in total. The zero-order valence-electron chi connectivity index (χ0n) is 16.7. The number of methoxy groups -OCH3 is 1. The predicted octanol–water partition coefficient (Wildman–Crippen LogP) is 4.48. The summed E-state index contributed by atoms with van der Waals surface area (Å²) in [5.74, 6) is -0.0415. The molecule has 1 saturated heterocycles. The number of rotatable bonds is 4. The van der Waals surface area contributed by atoms with Gasteiger partial charge in [-0.1, -0.05) is 30.3 Å². The Morgan fingerprint density at radius 1 is 1.00 bits per heavy atom. The standard InChI is InChI=1S/C24H23FN2O3/c1-30-22-10-9-21(19-7-2-3-8-20(19)22)24(29)27-13-11-16(12-14-27)23(28)26-18-6-4-5-17(25)15-18/h2-10,15-16H,11-14H2,1H3,(H,26,28). The summed E-state index contributed by atoms with van der Waals surface area (Å²) in [7, 11) is 1.61. The first kappa shape index (κ1) is 19.9. The molecule has 5 nitrogen and oxygen atoms in total. The maximum Gasteiger partial charge on any atom is 0.254 e. The maximum absolute atomic E-state index is 13.3. The number of hydrogen-bond donors (Lipinski definition) is 1. The van der Waals surface area contributed by atoms with Gasteiger partial charge in [-0.05, 0) is 48.6 Å². The fraction of sp³-hybridized carbons (Fsp3) is 0.250. The number of halogens is 1. The molecule has 6 heteroatoms. The van der Waals surface area contributed by atoms with Crippen LogP contribution in [0.2, 0.25) is 0 Å². The molecular formula is C24H23FN2O3. The van der Waals surface area contributed by atoms with E-state index in [4.69, 9.17) is 4.74 Å². The number of nitrogens with one attached hydrogen (secondary N) is 1. The van der Waals surface area contributed by atoms with E-state index in [1.54, 1.807) is 30.2 Å². The highest BCUT2D eigenvalue weighted by atomic mass is 19.1. The van der Waals surface area contributed by atoms with Gasteiger partial charge in [-0.2, -0.15) is 0 Å². The lowest BCUT2D eigenvalue weighted by molar-refractivity contribution is -0.121. The van der Waals surface area contributed by atoms with Gasteiger partial charge in [0.05, 0.1) is 7.11 Å². The topological polar surface area (TPSA) is 58.6 Å². The van der Waals surface area contributed by atoms with Crippen LogP contribution in [-0.2, 0) is 4.79 Å². The van der Waals surface area contributed by atoms with Crippen LogP contribution in [0.4, 0.5) is 10.1 Å². The van der Waals surface area contributed by atoms with Gasteiger partial charge >= 0.3 is 0 Å². The largest absolute Gasteiger partial charge is 0.496 e. The van der Waals surface area contributed by atoms with Crippen LogP contribution in [0, 0.1) is 11.7 Å². The van der Waals surface area contributed by atoms with Gasteiger partial charge in [-0.15, -0.1) is 0 Å². The molecule has 0 bridgehead atoms. The molecule has 0 spiro atoms. The van der Waals surface area contributed by atoms with Crippen molar-refractivity contribution in [1.82, 2.24) is 4.90 Å². The third kappa shape index (κ3) is 3.99. The van der Waals surface area contributed by atoms with E-state index in [2.05, 4.69) is 5.32 Å². The van der Waals surface area contributed by atoms with Gasteiger partial charge in [0.2, 0.25) is 5.91 Å². The molecule has 1 fully saturated rings. The fourth-order valence-electron chi connectivity index (χ4n) is 3.96. The molecule has 0 aliphatic carbocycles. The van der Waals surface area contributed by atoms with Gasteiger partial charge in [-0.3, -0.25) is 9.59 Å². The molecule has 1 heterocycles. The molecule has 0 aromatic heterocycles. The molecule has 0 saturated carbocycles. The Bertz CT molecular complexity index is 1090. The van der Waals surface area contributed by atoms with E-state index in [9.17, 15) is 14.0 Å². The minimum Gasteiger partial charge on any atom is -0.496 e. The fourth-order valence-corrected chi connectivity index (χ4v) is 3.96. The molecule has 3 aromatic rings. The molecular weight excluding hydrogens is 383 g/mol. The van der Waals surface area contributed by atoms with E-state index >= 15 is 0 Å². The Morgan fingerprint density at radius 3 is 2.43 bits per heavy atom. The molecule has 30 heavy (non-hydrogen) atoms. The monoisotopic (exact) mass is 406 g/mol. The van der Waals surface area contributed by atoms with Gasteiger partial charge < -0.3 is 15.0 Å². The Balaban J connectivity index is 1.44. The van der Waals surface area contributed by atoms with Crippen molar-refractivity contribution in [2.24, 2.45) is 5.92 Å². The summed E-state index contributed by atoms with van der Waals surface area (Å²) in [5.41, 5.74) is 1.08. The third-order valence-electron chi connectivity index (χ3n) is 5.58. The Hall–Kier alpha value is -3.41. The number of nitrogens with zero attached hydrogens (tertiary/aromatic N) is 1. The Morgan fingerprint density at radius 2 is 1.73 bits per heavy atom. The SMILES string of the molecule is COc1ccc(C(=O)N2CCC(C(=O)Nc3cccc(F)c3)CC2)c2ccccc12. The van der Waals surface area contributed by atoms with E-state index in [1.165, 1.54) is 12.1 Å². The van der Waals surface area contributed by atoms with Crippen molar-refractivity contribution >= 4 is 28.3 Å². The van der Waals surface area contributed by atoms with E-state index in [-0.39, 0.29) is 23.5 Å². The second-order valence-electron chi connectivity index (χ2n) is 7.43. The summed E-state index contributed by atoms with van der Waals surface area (Å²) in [6, 6.07) is 17.1. The number of likely N-dealkylation sites (tertiary alicyclic amines) is 1. The molecule has 1 aliphatic heterocycles. The minimum atomic E-state index is -0.389. The van der Waals surface area contributed by atoms with Gasteiger partial charge in [0.1, 0.15) is 11.6 Å². The van der Waals surface area contributed by atoms with Gasteiger partial charge in [0, 0.05) is 35.6 Å². The predicted molar refractivity (Wildman–Crippen MR) is 114 cm³/mol. The van der Waals surface area contributed by atoms with E-state index in [1.807, 2.05) is 30.3 Å². The van der Waals surface area contributed by atoms with Crippen molar-refractivity contribution in [2.45, 2.75) is 12.8 Å². The van der Waals surface area contributed by atoms with E-state index < -0.39 is 0 Å². The normalized spacial score (nSPS) is 14.5. The minimum absolute atomic E-state index is 0.0437. The number of fused-ring (bicyclic) bond motifs is 1. The summed E-state index contributed by atoms with van der Waals surface area (Å²) >= 11 is 0. The number of piperidine rings is 1. The van der Waals surface area contributed by atoms with Crippen LogP contribution in [0.15, 0.2) is 60.7 Å². The van der Waals surface area contributed by atoms with Crippen molar-refractivity contribution in [3.05, 3.63) is 72.0 Å². The third-order valence-corrected chi connectivity index (χ3v) is 5.58. The van der Waals surface area contributed by atoms with Gasteiger partial charge in [0.15, 0.2) is 0 Å². The molecule has 1 aliphatic rings. The molecule has 2 amide bonds. The van der Waals surface area contributed by atoms with Crippen LogP contribution in [0.25, 0.3) is 10.8 Å². The second kappa shape index (κ2) is 8.53. The van der Waals surface area contributed by atoms with Crippen LogP contribution in [-0.4, -0.2) is 36.9 Å². The van der Waals surface area contributed by atoms with Crippen molar-refractivity contribution in [2.75, 3.05) is 25.5 Å². The average molecular weight is 406 g/mol. The van der Waals surface area contributed by atoms with Crippen molar-refractivity contribution in [3.63, 3.8) is 0 Å². The van der Waals surface area contributed by atoms with Crippen LogP contribution >= 0.6 is 0 Å². The lowest BCUT2D eigenvalue weighted by Gasteiger charge is -2.31. The summed E-state index contributed by atoms with van der Waals surface area (Å²) < 4.78 is 18.7. The first-order valence-electron chi connectivity index (χ1n) is 9.98. The first-order valence-corrected chi connectivity index (χ1v) is 9.98. The van der Waals surface area contributed by atoms with Crippen molar-refractivity contribution in [3.8, 4) is 5.75 Å². The number of carbonyl (C=O) groups is 2. The van der Waals surface area contributed by atoms with Crippen molar-refractivity contribution in [1.29, 1.82) is 0 Å². The van der Waals surface area contributed by atoms with E-state index in [0.29, 0.717) is 37.2 Å². The van der Waals surface area contributed by atoms with E-state index in [0.717, 1.165) is 16.5 Å². The average Bonchev–Trinajstić information content (AvgIpc) is 2.78. The molecule has 3 aromatic carbocycles. The number of hydrogen-bond acceptors (Lipinski definition) is 3. The van der Waals surface area contributed by atoms with Crippen LogP contribution < -0.4 is 10.1 Å². The zero-order chi connectivity index (χ0) is 21.1. The molecule has 154 valence electrons. The lowest BCUT2D eigenvalue weighted by Crippen LogP contribution is -2.41. The smallest absolute Gasteiger partial charge is 0.254 e. The lowest BCUT2D eigenvalue weighted by atomic mass is 9.94. The van der Waals surface area contributed by atoms with Crippen LogP contribution in [0.3, 0.4) is 0 Å². The summed E-state index contributed by atoms with van der Waals surface area (Å²) in [4.78, 5) is 27.5. The van der Waals surface area contributed by atoms with Crippen LogP contribution in [0.5, 0.6) is 5.75 Å². The van der Waals surface area contributed by atoms with Gasteiger partial charge in [-0.25, -0.2) is 4.39 Å².